The van der Waals surface area contributed by atoms with E-state index in [1.807, 2.05) is 0 Å². The summed E-state index contributed by atoms with van der Waals surface area (Å²) in [5, 5.41) is 18.0. The van der Waals surface area contributed by atoms with Crippen molar-refractivity contribution < 1.29 is 9.45 Å². The number of aromatic nitrogens is 2. The molecule has 1 atom stereocenters. The summed E-state index contributed by atoms with van der Waals surface area (Å²) in [7, 11) is 0. The van der Waals surface area contributed by atoms with Crippen LogP contribution in [-0.4, -0.2) is 28.2 Å². The number of hydrogen-bond acceptors (Lipinski definition) is 6. The van der Waals surface area contributed by atoms with Crippen molar-refractivity contribution in [3.63, 3.8) is 0 Å². The van der Waals surface area contributed by atoms with Gasteiger partial charge in [0.15, 0.2) is 0 Å². The van der Waals surface area contributed by atoms with E-state index in [2.05, 4.69) is 15.5 Å². The van der Waals surface area contributed by atoms with E-state index in [4.69, 9.17) is 4.52 Å². The Balaban J connectivity index is 1.96. The molecule has 2 heterocycles. The van der Waals surface area contributed by atoms with Gasteiger partial charge in [-0.2, -0.15) is 4.98 Å². The summed E-state index contributed by atoms with van der Waals surface area (Å²) in [6.07, 6.45) is 0.943. The molecular formula is C12H12N4O3. The Morgan fingerprint density at radius 3 is 3.00 bits per heavy atom. The molecule has 1 fully saturated rings. The van der Waals surface area contributed by atoms with Crippen molar-refractivity contribution >= 4 is 5.69 Å². The van der Waals surface area contributed by atoms with Crippen LogP contribution in [0.4, 0.5) is 5.69 Å². The van der Waals surface area contributed by atoms with Crippen LogP contribution in [0.25, 0.3) is 11.4 Å². The summed E-state index contributed by atoms with van der Waals surface area (Å²) >= 11 is 0. The molecule has 0 saturated carbocycles. The maximum Gasteiger partial charge on any atom is 0.280 e. The van der Waals surface area contributed by atoms with Crippen LogP contribution < -0.4 is 5.32 Å². The lowest BCUT2D eigenvalue weighted by molar-refractivity contribution is -0.384. The Kier molecular flexibility index (Phi) is 2.96. The Hall–Kier alpha value is -2.28. The highest BCUT2D eigenvalue weighted by atomic mass is 16.6. The van der Waals surface area contributed by atoms with Crippen molar-refractivity contribution in [1.29, 1.82) is 0 Å². The molecule has 1 aromatic heterocycles. The van der Waals surface area contributed by atoms with E-state index in [9.17, 15) is 10.1 Å². The number of nitro benzene ring substituents is 1. The average molecular weight is 260 g/mol. The van der Waals surface area contributed by atoms with Crippen LogP contribution in [0, 0.1) is 10.1 Å². The fourth-order valence-electron chi connectivity index (χ4n) is 2.20. The van der Waals surface area contributed by atoms with Gasteiger partial charge in [-0.3, -0.25) is 10.1 Å². The molecule has 0 aliphatic carbocycles. The minimum absolute atomic E-state index is 0.0144. The molecular weight excluding hydrogens is 248 g/mol. The largest absolute Gasteiger partial charge is 0.339 e. The Morgan fingerprint density at radius 2 is 2.26 bits per heavy atom. The standard InChI is InChI=1S/C12H12N4O3/c17-16(18)10-4-2-1-3-9(10)11-14-12(19-15-11)8-5-6-13-7-8/h1-4,8,13H,5-7H2. The van der Waals surface area contributed by atoms with Crippen molar-refractivity contribution in [2.24, 2.45) is 0 Å². The summed E-state index contributed by atoms with van der Waals surface area (Å²) in [5.41, 5.74) is 0.368. The molecule has 0 amide bonds. The molecule has 1 N–H and O–H groups in total. The zero-order chi connectivity index (χ0) is 13.2. The predicted octanol–water partition coefficient (Wildman–Crippen LogP) is 1.72. The maximum atomic E-state index is 11.0. The first-order valence-corrected chi connectivity index (χ1v) is 6.04. The van der Waals surface area contributed by atoms with Gasteiger partial charge in [0.2, 0.25) is 11.7 Å². The zero-order valence-electron chi connectivity index (χ0n) is 10.1. The molecule has 1 saturated heterocycles. The number of hydrogen-bond donors (Lipinski definition) is 1. The fourth-order valence-corrected chi connectivity index (χ4v) is 2.20. The van der Waals surface area contributed by atoms with Gasteiger partial charge in [-0.05, 0) is 19.0 Å². The number of benzene rings is 1. The molecule has 98 valence electrons. The van der Waals surface area contributed by atoms with Crippen molar-refractivity contribution in [2.45, 2.75) is 12.3 Å². The minimum atomic E-state index is -0.442. The van der Waals surface area contributed by atoms with Gasteiger partial charge in [0.05, 0.1) is 10.8 Å². The van der Waals surface area contributed by atoms with Crippen molar-refractivity contribution in [2.75, 3.05) is 13.1 Å². The number of para-hydroxylation sites is 1. The first kappa shape index (κ1) is 11.8. The van der Waals surface area contributed by atoms with Crippen LogP contribution in [-0.2, 0) is 0 Å². The number of nitro groups is 1. The van der Waals surface area contributed by atoms with Gasteiger partial charge in [-0.25, -0.2) is 0 Å². The molecule has 0 radical (unpaired) electrons. The van der Waals surface area contributed by atoms with E-state index < -0.39 is 4.92 Å². The van der Waals surface area contributed by atoms with Gasteiger partial charge in [-0.1, -0.05) is 17.3 Å². The van der Waals surface area contributed by atoms with Gasteiger partial charge < -0.3 is 9.84 Å². The van der Waals surface area contributed by atoms with Crippen LogP contribution >= 0.6 is 0 Å². The molecule has 1 aromatic carbocycles. The van der Waals surface area contributed by atoms with E-state index in [-0.39, 0.29) is 17.4 Å². The van der Waals surface area contributed by atoms with E-state index in [1.165, 1.54) is 6.07 Å². The quantitative estimate of drug-likeness (QED) is 0.667. The number of nitrogens with zero attached hydrogens (tertiary/aromatic N) is 3. The van der Waals surface area contributed by atoms with Crippen LogP contribution in [0.5, 0.6) is 0 Å². The third-order valence-electron chi connectivity index (χ3n) is 3.19. The van der Waals surface area contributed by atoms with Crippen LogP contribution in [0.15, 0.2) is 28.8 Å². The molecule has 0 spiro atoms. The summed E-state index contributed by atoms with van der Waals surface area (Å²) in [6, 6.07) is 6.39. The third kappa shape index (κ3) is 2.19. The highest BCUT2D eigenvalue weighted by molar-refractivity contribution is 5.67. The van der Waals surface area contributed by atoms with Gasteiger partial charge in [0.25, 0.3) is 5.69 Å². The monoisotopic (exact) mass is 260 g/mol. The highest BCUT2D eigenvalue weighted by Gasteiger charge is 2.25. The second-order valence-corrected chi connectivity index (χ2v) is 4.42. The molecule has 19 heavy (non-hydrogen) atoms. The Bertz CT molecular complexity index is 605. The highest BCUT2D eigenvalue weighted by Crippen LogP contribution is 2.29. The number of nitrogens with one attached hydrogen (secondary N) is 1. The minimum Gasteiger partial charge on any atom is -0.339 e. The second-order valence-electron chi connectivity index (χ2n) is 4.42. The van der Waals surface area contributed by atoms with E-state index in [0.717, 1.165) is 19.5 Å². The van der Waals surface area contributed by atoms with Gasteiger partial charge >= 0.3 is 0 Å². The van der Waals surface area contributed by atoms with E-state index >= 15 is 0 Å². The molecule has 7 nitrogen and oxygen atoms in total. The SMILES string of the molecule is O=[N+]([O-])c1ccccc1-c1noc(C2CCNC2)n1. The lowest BCUT2D eigenvalue weighted by Gasteiger charge is -1.99. The van der Waals surface area contributed by atoms with E-state index in [0.29, 0.717) is 11.5 Å². The Morgan fingerprint density at radius 1 is 1.42 bits per heavy atom. The molecule has 1 aliphatic rings. The lowest BCUT2D eigenvalue weighted by atomic mass is 10.1. The maximum absolute atomic E-state index is 11.0. The number of rotatable bonds is 3. The smallest absolute Gasteiger partial charge is 0.280 e. The predicted molar refractivity (Wildman–Crippen MR) is 66.6 cm³/mol. The lowest BCUT2D eigenvalue weighted by Crippen LogP contribution is -2.08. The second kappa shape index (κ2) is 4.77. The summed E-state index contributed by atoms with van der Waals surface area (Å²) in [6.45, 7) is 1.73. The molecule has 3 rings (SSSR count). The van der Waals surface area contributed by atoms with Crippen LogP contribution in [0.3, 0.4) is 0 Å². The van der Waals surface area contributed by atoms with Gasteiger partial charge in [0, 0.05) is 12.6 Å². The van der Waals surface area contributed by atoms with Crippen molar-refractivity contribution in [3.8, 4) is 11.4 Å². The molecule has 1 aliphatic heterocycles. The molecule has 2 aromatic rings. The van der Waals surface area contributed by atoms with Crippen LogP contribution in [0.2, 0.25) is 0 Å². The van der Waals surface area contributed by atoms with Crippen LogP contribution in [0.1, 0.15) is 18.2 Å². The topological polar surface area (TPSA) is 94.1 Å². The summed E-state index contributed by atoms with van der Waals surface area (Å²) < 4.78 is 5.21. The normalized spacial score (nSPS) is 18.6. The molecule has 1 unspecified atom stereocenters. The molecule has 7 heteroatoms. The first-order valence-electron chi connectivity index (χ1n) is 6.04. The zero-order valence-corrected chi connectivity index (χ0v) is 10.1. The third-order valence-corrected chi connectivity index (χ3v) is 3.19. The Labute approximate surface area is 108 Å². The summed E-state index contributed by atoms with van der Waals surface area (Å²) in [4.78, 5) is 14.8. The first-order chi connectivity index (χ1) is 9.25. The van der Waals surface area contributed by atoms with E-state index in [1.54, 1.807) is 18.2 Å². The van der Waals surface area contributed by atoms with Gasteiger partial charge in [0.1, 0.15) is 5.56 Å². The average Bonchev–Trinajstić information content (AvgIpc) is 3.09. The fraction of sp³-hybridized carbons (Fsp3) is 0.333. The molecule has 0 bridgehead atoms. The van der Waals surface area contributed by atoms with Crippen molar-refractivity contribution in [1.82, 2.24) is 15.5 Å². The van der Waals surface area contributed by atoms with Crippen molar-refractivity contribution in [3.05, 3.63) is 40.3 Å². The van der Waals surface area contributed by atoms with Gasteiger partial charge in [-0.15, -0.1) is 0 Å². The summed E-state index contributed by atoms with van der Waals surface area (Å²) in [5.74, 6) is 1.01.